The number of benzene rings is 2. The molecule has 232 valence electrons. The predicted octanol–water partition coefficient (Wildman–Crippen LogP) is 7.55. The van der Waals surface area contributed by atoms with Crippen molar-refractivity contribution in [1.82, 2.24) is 0 Å². The first-order chi connectivity index (χ1) is 22.8. The van der Waals surface area contributed by atoms with Crippen LogP contribution in [0.2, 0.25) is 0 Å². The molecule has 0 amide bonds. The number of nitrogens with zero attached hydrogens (tertiary/aromatic N) is 6. The molecule has 3 aliphatic carbocycles. The second-order valence-corrected chi connectivity index (χ2v) is 10.1. The lowest BCUT2D eigenvalue weighted by atomic mass is 9.77. The number of hydrogen-bond donors (Lipinski definition) is 0. The maximum Gasteiger partial charge on any atom is 0.573 e. The largest absolute Gasteiger partial charge is 0.573 e. The highest BCUT2D eigenvalue weighted by Gasteiger charge is 2.45. The van der Waals surface area contributed by atoms with E-state index in [1.54, 1.807) is 24.3 Å². The summed E-state index contributed by atoms with van der Waals surface area (Å²) in [6, 6.07) is 20.0. The fourth-order valence-electron chi connectivity index (χ4n) is 5.91. The van der Waals surface area contributed by atoms with Gasteiger partial charge in [0.15, 0.2) is 0 Å². The number of alkyl halides is 6. The molecule has 5 rings (SSSR count). The molecule has 0 saturated carbocycles. The second-order valence-electron chi connectivity index (χ2n) is 10.1. The predicted molar refractivity (Wildman–Crippen MR) is 151 cm³/mol. The van der Waals surface area contributed by atoms with Gasteiger partial charge in [-0.2, -0.15) is 31.6 Å². The number of halogens is 6. The van der Waals surface area contributed by atoms with Crippen LogP contribution in [0, 0.1) is 79.8 Å². The van der Waals surface area contributed by atoms with Gasteiger partial charge in [0, 0.05) is 34.1 Å². The molecule has 0 aliphatic heterocycles. The zero-order valence-electron chi connectivity index (χ0n) is 23.7. The van der Waals surface area contributed by atoms with Crippen molar-refractivity contribution in [3.63, 3.8) is 0 Å². The van der Waals surface area contributed by atoms with Crippen LogP contribution in [0.1, 0.15) is 11.1 Å². The van der Waals surface area contributed by atoms with Gasteiger partial charge in [-0.3, -0.25) is 0 Å². The average Bonchev–Trinajstić information content (AvgIpc) is 3.52. The summed E-state index contributed by atoms with van der Waals surface area (Å²) in [4.78, 5) is 0. The number of nitriles is 6. The molecular formula is C34H12F6N6O2. The molecular weight excluding hydrogens is 638 g/mol. The maximum absolute atomic E-state index is 12.8. The van der Waals surface area contributed by atoms with Crippen LogP contribution < -0.4 is 9.47 Å². The van der Waals surface area contributed by atoms with E-state index in [9.17, 15) is 57.9 Å². The van der Waals surface area contributed by atoms with E-state index in [0.29, 0.717) is 0 Å². The summed E-state index contributed by atoms with van der Waals surface area (Å²) in [5.41, 5.74) is -0.115. The Kier molecular flexibility index (Phi) is 8.15. The lowest BCUT2D eigenvalue weighted by Crippen LogP contribution is -2.17. The van der Waals surface area contributed by atoms with E-state index in [-0.39, 0.29) is 55.7 Å². The third kappa shape index (κ3) is 5.75. The number of fused-ring (bicyclic) bond motifs is 2. The van der Waals surface area contributed by atoms with Gasteiger partial charge in [-0.1, -0.05) is 36.4 Å². The smallest absolute Gasteiger partial charge is 0.406 e. The van der Waals surface area contributed by atoms with Crippen molar-refractivity contribution in [3.8, 4) is 47.9 Å². The van der Waals surface area contributed by atoms with Gasteiger partial charge in [-0.25, -0.2) is 0 Å². The zero-order chi connectivity index (χ0) is 35.0. The molecule has 2 aromatic rings. The molecule has 0 saturated heterocycles. The monoisotopic (exact) mass is 650 g/mol. The molecule has 0 heterocycles. The van der Waals surface area contributed by atoms with Crippen LogP contribution >= 0.6 is 0 Å². The van der Waals surface area contributed by atoms with E-state index in [0.717, 1.165) is 24.3 Å². The summed E-state index contributed by atoms with van der Waals surface area (Å²) in [6.45, 7) is 0. The van der Waals surface area contributed by atoms with Crippen LogP contribution in [0.15, 0.2) is 105 Å². The van der Waals surface area contributed by atoms with Gasteiger partial charge in [0.25, 0.3) is 0 Å². The van der Waals surface area contributed by atoms with E-state index < -0.39 is 47.2 Å². The van der Waals surface area contributed by atoms with Crippen molar-refractivity contribution < 1.29 is 35.8 Å². The van der Waals surface area contributed by atoms with Crippen LogP contribution in [-0.4, -0.2) is 12.7 Å². The highest BCUT2D eigenvalue weighted by Crippen LogP contribution is 2.57. The summed E-state index contributed by atoms with van der Waals surface area (Å²) in [5.74, 6) is -3.00. The number of rotatable bonds is 4. The van der Waals surface area contributed by atoms with E-state index in [2.05, 4.69) is 15.5 Å². The van der Waals surface area contributed by atoms with Gasteiger partial charge in [0.05, 0.1) is 11.6 Å². The van der Waals surface area contributed by atoms with E-state index >= 15 is 0 Å². The highest BCUT2D eigenvalue weighted by molar-refractivity contribution is 6.02. The fraction of sp³-hybridized carbons (Fsp3) is 0.118. The van der Waals surface area contributed by atoms with Crippen LogP contribution in [-0.2, 0) is 0 Å². The van der Waals surface area contributed by atoms with Crippen molar-refractivity contribution in [2.75, 3.05) is 0 Å². The number of hydrogen-bond acceptors (Lipinski definition) is 8. The van der Waals surface area contributed by atoms with Crippen molar-refractivity contribution in [3.05, 3.63) is 116 Å². The molecule has 2 atom stereocenters. The molecule has 48 heavy (non-hydrogen) atoms. The molecule has 0 bridgehead atoms. The molecule has 8 nitrogen and oxygen atoms in total. The molecule has 14 heteroatoms. The molecule has 2 aromatic carbocycles. The molecule has 0 radical (unpaired) electrons. The molecule has 0 spiro atoms. The molecule has 2 unspecified atom stereocenters. The number of ether oxygens (including phenoxy) is 2. The first kappa shape index (κ1) is 32.4. The van der Waals surface area contributed by atoms with Crippen LogP contribution in [0.3, 0.4) is 0 Å². The van der Waals surface area contributed by atoms with Crippen molar-refractivity contribution in [2.45, 2.75) is 12.7 Å². The molecule has 0 aromatic heterocycles. The number of allylic oxidation sites excluding steroid dienone is 12. The Morgan fingerprint density at radius 2 is 1.02 bits per heavy atom. The molecule has 0 N–H and O–H groups in total. The summed E-state index contributed by atoms with van der Waals surface area (Å²) in [7, 11) is 0. The minimum atomic E-state index is -4.98. The maximum atomic E-state index is 12.8. The summed E-state index contributed by atoms with van der Waals surface area (Å²) in [5, 5.41) is 60.2. The Labute approximate surface area is 267 Å². The van der Waals surface area contributed by atoms with E-state index in [1.807, 2.05) is 6.07 Å². The first-order valence-electron chi connectivity index (χ1n) is 13.3. The third-order valence-electron chi connectivity index (χ3n) is 7.57. The van der Waals surface area contributed by atoms with Gasteiger partial charge in [0.2, 0.25) is 0 Å². The van der Waals surface area contributed by atoms with Crippen molar-refractivity contribution >= 4 is 11.1 Å². The normalized spacial score (nSPS) is 18.1. The second kappa shape index (κ2) is 12.1. The minimum absolute atomic E-state index is 0.000662. The quantitative estimate of drug-likeness (QED) is 0.242. The topological polar surface area (TPSA) is 161 Å². The zero-order valence-corrected chi connectivity index (χ0v) is 23.7. The minimum Gasteiger partial charge on any atom is -0.406 e. The average molecular weight is 650 g/mol. The molecule has 3 aliphatic rings. The Balaban J connectivity index is 1.74. The van der Waals surface area contributed by atoms with Gasteiger partial charge < -0.3 is 9.47 Å². The van der Waals surface area contributed by atoms with Crippen molar-refractivity contribution in [2.24, 2.45) is 11.8 Å². The lowest BCUT2D eigenvalue weighted by molar-refractivity contribution is -0.275. The summed E-state index contributed by atoms with van der Waals surface area (Å²) >= 11 is 0. The Morgan fingerprint density at radius 1 is 0.562 bits per heavy atom. The van der Waals surface area contributed by atoms with Crippen LogP contribution in [0.4, 0.5) is 26.3 Å². The van der Waals surface area contributed by atoms with Gasteiger partial charge >= 0.3 is 12.7 Å². The van der Waals surface area contributed by atoms with E-state index in [1.165, 1.54) is 36.4 Å². The Bertz CT molecular complexity index is 2180. The summed E-state index contributed by atoms with van der Waals surface area (Å²) in [6.07, 6.45) is -6.96. The SMILES string of the molecule is N#CC(C#N)=C1C2=CC3C(C#N)=C(c4ccc(OC(F)(F)F)cc4)C(=C(C#N)C#N)C3C=C2C(C#N)=C1c1ccc(OC(F)(F)F)cc1. The van der Waals surface area contributed by atoms with Crippen LogP contribution in [0.5, 0.6) is 11.5 Å². The van der Waals surface area contributed by atoms with Gasteiger partial charge in [-0.05, 0) is 52.1 Å². The highest BCUT2D eigenvalue weighted by atomic mass is 19.4. The Hall–Kier alpha value is -7.00. The van der Waals surface area contributed by atoms with Gasteiger partial charge in [0.1, 0.15) is 53.0 Å². The van der Waals surface area contributed by atoms with Crippen LogP contribution in [0.25, 0.3) is 11.1 Å². The fourth-order valence-corrected chi connectivity index (χ4v) is 5.91. The third-order valence-corrected chi connectivity index (χ3v) is 7.57. The Morgan fingerprint density at radius 3 is 1.44 bits per heavy atom. The van der Waals surface area contributed by atoms with Gasteiger partial charge in [-0.15, -0.1) is 26.3 Å². The van der Waals surface area contributed by atoms with E-state index in [4.69, 9.17) is 0 Å². The van der Waals surface area contributed by atoms with Crippen molar-refractivity contribution in [1.29, 1.82) is 31.6 Å². The summed E-state index contributed by atoms with van der Waals surface area (Å²) < 4.78 is 84.4. The molecule has 0 fully saturated rings. The lowest BCUT2D eigenvalue weighted by Gasteiger charge is -2.23. The first-order valence-corrected chi connectivity index (χ1v) is 13.3. The standard InChI is InChI=1S/C34H12F6N6O2/c35-33(36,37)47-21-5-1-17(2-6-21)29-27(15-45)23-9-26-24(10-25(23)31(29)19(11-41)12-42)28(16-46)30(32(26)20(13-43)14-44)18-3-7-22(8-4-18)48-34(38,39)40/h1-10,23,25H.